The van der Waals surface area contributed by atoms with E-state index >= 15 is 0 Å². The third kappa shape index (κ3) is 4.02. The number of nitrogens with zero attached hydrogens (tertiary/aromatic N) is 1. The van der Waals surface area contributed by atoms with Crippen molar-refractivity contribution in [2.24, 2.45) is 5.92 Å². The maximum absolute atomic E-state index is 9.79. The van der Waals surface area contributed by atoms with Gasteiger partial charge >= 0.3 is 0 Å². The molecule has 0 heterocycles. The van der Waals surface area contributed by atoms with E-state index in [4.69, 9.17) is 0 Å². The number of benzene rings is 1. The first-order valence-electron chi connectivity index (χ1n) is 6.99. The topological polar surface area (TPSA) is 23.5 Å². The van der Waals surface area contributed by atoms with E-state index in [9.17, 15) is 5.11 Å². The normalized spacial score (nSPS) is 13.0. The predicted octanol–water partition coefficient (Wildman–Crippen LogP) is 3.88. The van der Waals surface area contributed by atoms with Gasteiger partial charge < -0.3 is 5.11 Å². The summed E-state index contributed by atoms with van der Waals surface area (Å²) < 4.78 is 0. The van der Waals surface area contributed by atoms with Gasteiger partial charge in [0, 0.05) is 13.1 Å². The van der Waals surface area contributed by atoms with Crippen LogP contribution in [0, 0.1) is 19.8 Å². The van der Waals surface area contributed by atoms with Crippen molar-refractivity contribution in [1.82, 2.24) is 4.90 Å². The van der Waals surface area contributed by atoms with Gasteiger partial charge in [-0.1, -0.05) is 39.3 Å². The second-order valence-corrected chi connectivity index (χ2v) is 5.42. The smallest absolute Gasteiger partial charge is 0.121 e. The molecule has 1 aromatic rings. The van der Waals surface area contributed by atoms with Gasteiger partial charge in [0.15, 0.2) is 0 Å². The Morgan fingerprint density at radius 2 is 1.72 bits per heavy atom. The van der Waals surface area contributed by atoms with Crippen molar-refractivity contribution in [2.45, 2.75) is 47.6 Å². The van der Waals surface area contributed by atoms with Gasteiger partial charge in [0.2, 0.25) is 0 Å². The molecule has 1 rings (SSSR count). The summed E-state index contributed by atoms with van der Waals surface area (Å²) in [6.45, 7) is 13.9. The number of hydrogen-bond donors (Lipinski definition) is 1. The van der Waals surface area contributed by atoms with Gasteiger partial charge in [0.25, 0.3) is 0 Å². The summed E-state index contributed by atoms with van der Waals surface area (Å²) in [6, 6.07) is 4.20. The van der Waals surface area contributed by atoms with Gasteiger partial charge in [-0.2, -0.15) is 0 Å². The molecule has 18 heavy (non-hydrogen) atoms. The Morgan fingerprint density at radius 1 is 1.17 bits per heavy atom. The molecule has 0 amide bonds. The molecule has 0 saturated carbocycles. The Labute approximate surface area is 112 Å². The molecule has 102 valence electrons. The second kappa shape index (κ2) is 6.79. The van der Waals surface area contributed by atoms with Crippen molar-refractivity contribution >= 4 is 0 Å². The fourth-order valence-corrected chi connectivity index (χ4v) is 2.27. The standard InChI is InChI=1S/C16H27NO/c1-6-12(3)10-17(7-2)11-15-8-13(4)16(18)14(5)9-15/h8-9,12,18H,6-7,10-11H2,1-5H3. The van der Waals surface area contributed by atoms with Crippen molar-refractivity contribution in [3.8, 4) is 5.75 Å². The Hall–Kier alpha value is -1.02. The minimum absolute atomic E-state index is 0.434. The highest BCUT2D eigenvalue weighted by atomic mass is 16.3. The molecule has 0 saturated heterocycles. The second-order valence-electron chi connectivity index (χ2n) is 5.42. The van der Waals surface area contributed by atoms with Crippen LogP contribution in [0.25, 0.3) is 0 Å². The molecule has 0 aliphatic carbocycles. The molecule has 1 aromatic carbocycles. The molecule has 1 atom stereocenters. The maximum atomic E-state index is 9.79. The third-order valence-electron chi connectivity index (χ3n) is 3.67. The van der Waals surface area contributed by atoms with Crippen LogP contribution in [0.15, 0.2) is 12.1 Å². The first-order chi connectivity index (χ1) is 8.47. The molecule has 1 unspecified atom stereocenters. The van der Waals surface area contributed by atoms with Crippen LogP contribution >= 0.6 is 0 Å². The summed E-state index contributed by atoms with van der Waals surface area (Å²) in [6.07, 6.45) is 1.23. The summed E-state index contributed by atoms with van der Waals surface area (Å²) in [7, 11) is 0. The Bertz CT molecular complexity index is 364. The van der Waals surface area contributed by atoms with Crippen LogP contribution in [0.3, 0.4) is 0 Å². The van der Waals surface area contributed by atoms with E-state index in [1.807, 2.05) is 13.8 Å². The van der Waals surface area contributed by atoms with E-state index in [0.717, 1.165) is 36.7 Å². The molecule has 0 spiro atoms. The monoisotopic (exact) mass is 249 g/mol. The molecule has 0 bridgehead atoms. The zero-order valence-electron chi connectivity index (χ0n) is 12.5. The number of hydrogen-bond acceptors (Lipinski definition) is 2. The van der Waals surface area contributed by atoms with Gasteiger partial charge in [0.05, 0.1) is 0 Å². The molecule has 2 nitrogen and oxygen atoms in total. The largest absolute Gasteiger partial charge is 0.507 e. The molecule has 0 aliphatic heterocycles. The Morgan fingerprint density at radius 3 is 2.17 bits per heavy atom. The van der Waals surface area contributed by atoms with Crippen molar-refractivity contribution in [1.29, 1.82) is 0 Å². The molecular weight excluding hydrogens is 222 g/mol. The van der Waals surface area contributed by atoms with E-state index in [-0.39, 0.29) is 0 Å². The average Bonchev–Trinajstić information content (AvgIpc) is 2.34. The van der Waals surface area contributed by atoms with Gasteiger partial charge in [-0.05, 0) is 43.0 Å². The zero-order chi connectivity index (χ0) is 13.7. The van der Waals surface area contributed by atoms with Crippen LogP contribution in [0.4, 0.5) is 0 Å². The molecular formula is C16H27NO. The number of phenols is 1. The Kier molecular flexibility index (Phi) is 5.67. The lowest BCUT2D eigenvalue weighted by molar-refractivity contribution is 0.238. The van der Waals surface area contributed by atoms with E-state index in [2.05, 4.69) is 37.8 Å². The molecule has 0 radical (unpaired) electrons. The van der Waals surface area contributed by atoms with Crippen molar-refractivity contribution < 1.29 is 5.11 Å². The lowest BCUT2D eigenvalue weighted by atomic mass is 10.0. The van der Waals surface area contributed by atoms with Gasteiger partial charge in [-0.15, -0.1) is 0 Å². The summed E-state index contributed by atoms with van der Waals surface area (Å²) in [4.78, 5) is 2.47. The fourth-order valence-electron chi connectivity index (χ4n) is 2.27. The van der Waals surface area contributed by atoms with E-state index in [0.29, 0.717) is 5.75 Å². The highest BCUT2D eigenvalue weighted by Crippen LogP contribution is 2.23. The van der Waals surface area contributed by atoms with Gasteiger partial charge in [-0.3, -0.25) is 4.90 Å². The zero-order valence-corrected chi connectivity index (χ0v) is 12.5. The average molecular weight is 249 g/mol. The SMILES string of the molecule is CCC(C)CN(CC)Cc1cc(C)c(O)c(C)c1. The minimum atomic E-state index is 0.434. The summed E-state index contributed by atoms with van der Waals surface area (Å²) in [5.74, 6) is 1.17. The van der Waals surface area contributed by atoms with Gasteiger partial charge in [-0.25, -0.2) is 0 Å². The first-order valence-corrected chi connectivity index (χ1v) is 6.99. The lowest BCUT2D eigenvalue weighted by Gasteiger charge is -2.24. The molecule has 0 aliphatic rings. The molecule has 0 fully saturated rings. The van der Waals surface area contributed by atoms with Crippen LogP contribution in [-0.2, 0) is 6.54 Å². The van der Waals surface area contributed by atoms with Crippen LogP contribution in [-0.4, -0.2) is 23.1 Å². The van der Waals surface area contributed by atoms with Crippen LogP contribution in [0.1, 0.15) is 43.9 Å². The third-order valence-corrected chi connectivity index (χ3v) is 3.67. The minimum Gasteiger partial charge on any atom is -0.507 e. The quantitative estimate of drug-likeness (QED) is 0.827. The first kappa shape index (κ1) is 15.0. The van der Waals surface area contributed by atoms with Crippen LogP contribution in [0.2, 0.25) is 0 Å². The van der Waals surface area contributed by atoms with E-state index in [1.165, 1.54) is 12.0 Å². The molecule has 2 heteroatoms. The molecule has 1 N–H and O–H groups in total. The number of rotatable bonds is 6. The van der Waals surface area contributed by atoms with Crippen molar-refractivity contribution in [2.75, 3.05) is 13.1 Å². The fraction of sp³-hybridized carbons (Fsp3) is 0.625. The molecule has 0 aromatic heterocycles. The number of phenolic OH excluding ortho intramolecular Hbond substituents is 1. The summed E-state index contributed by atoms with van der Waals surface area (Å²) in [5.41, 5.74) is 3.25. The van der Waals surface area contributed by atoms with Crippen LogP contribution in [0.5, 0.6) is 5.75 Å². The summed E-state index contributed by atoms with van der Waals surface area (Å²) >= 11 is 0. The lowest BCUT2D eigenvalue weighted by Crippen LogP contribution is -2.27. The van der Waals surface area contributed by atoms with Crippen molar-refractivity contribution in [3.05, 3.63) is 28.8 Å². The van der Waals surface area contributed by atoms with Gasteiger partial charge in [0.1, 0.15) is 5.75 Å². The van der Waals surface area contributed by atoms with E-state index < -0.39 is 0 Å². The maximum Gasteiger partial charge on any atom is 0.121 e. The predicted molar refractivity (Wildman–Crippen MR) is 78.0 cm³/mol. The Balaban J connectivity index is 2.76. The number of aryl methyl sites for hydroxylation is 2. The number of aromatic hydroxyl groups is 1. The van der Waals surface area contributed by atoms with E-state index in [1.54, 1.807) is 0 Å². The highest BCUT2D eigenvalue weighted by molar-refractivity contribution is 5.42. The van der Waals surface area contributed by atoms with Crippen LogP contribution < -0.4 is 0 Å². The van der Waals surface area contributed by atoms with Crippen molar-refractivity contribution in [3.63, 3.8) is 0 Å². The highest BCUT2D eigenvalue weighted by Gasteiger charge is 2.10. The summed E-state index contributed by atoms with van der Waals surface area (Å²) in [5, 5.41) is 9.79.